The molecule has 0 radical (unpaired) electrons. The first-order valence-corrected chi connectivity index (χ1v) is 6.15. The summed E-state index contributed by atoms with van der Waals surface area (Å²) >= 11 is 0. The molecule has 2 saturated heterocycles. The van der Waals surface area contributed by atoms with Crippen molar-refractivity contribution in [3.05, 3.63) is 0 Å². The van der Waals surface area contributed by atoms with Crippen molar-refractivity contribution in [2.75, 3.05) is 7.05 Å². The van der Waals surface area contributed by atoms with Gasteiger partial charge in [-0.2, -0.15) is 0 Å². The molecule has 0 aromatic heterocycles. The Morgan fingerprint density at radius 2 is 2.06 bits per heavy atom. The van der Waals surface area contributed by atoms with Gasteiger partial charge in [0.2, 0.25) is 5.91 Å². The third-order valence-electron chi connectivity index (χ3n) is 3.90. The Balaban J connectivity index is 2.22. The molecule has 2 aliphatic rings. The maximum atomic E-state index is 12.3. The van der Waals surface area contributed by atoms with Crippen molar-refractivity contribution < 1.29 is 9.59 Å². The van der Waals surface area contributed by atoms with Crippen molar-refractivity contribution >= 4 is 11.7 Å². The average Bonchev–Trinajstić information content (AvgIpc) is 2.61. The van der Waals surface area contributed by atoms with Crippen molar-refractivity contribution in [3.63, 3.8) is 0 Å². The molecule has 4 heteroatoms. The predicted octanol–water partition coefficient (Wildman–Crippen LogP) is 0.707. The zero-order valence-electron chi connectivity index (χ0n) is 10.0. The number of nitrogens with zero attached hydrogens (tertiary/aromatic N) is 1. The second-order valence-electron chi connectivity index (χ2n) is 4.88. The van der Waals surface area contributed by atoms with Crippen molar-refractivity contribution in [1.29, 1.82) is 0 Å². The molecule has 90 valence electrons. The normalized spacial score (nSPS) is 34.8. The van der Waals surface area contributed by atoms with Crippen LogP contribution in [0.2, 0.25) is 0 Å². The lowest BCUT2D eigenvalue weighted by atomic mass is 10.1. The number of hydrogen-bond donors (Lipinski definition) is 1. The van der Waals surface area contributed by atoms with E-state index >= 15 is 0 Å². The van der Waals surface area contributed by atoms with Gasteiger partial charge in [0, 0.05) is 6.04 Å². The summed E-state index contributed by atoms with van der Waals surface area (Å²) in [5.74, 6) is 0.260. The van der Waals surface area contributed by atoms with Crippen molar-refractivity contribution in [2.45, 2.75) is 57.2 Å². The van der Waals surface area contributed by atoms with Gasteiger partial charge < -0.3 is 10.2 Å². The monoisotopic (exact) mass is 224 g/mol. The molecular weight excluding hydrogens is 204 g/mol. The molecule has 3 atom stereocenters. The number of hydrogen-bond acceptors (Lipinski definition) is 3. The number of likely N-dealkylation sites (N-methyl/N-ethyl adjacent to an activating group) is 1. The Labute approximate surface area is 96.4 Å². The lowest BCUT2D eigenvalue weighted by molar-refractivity contribution is -0.140. The summed E-state index contributed by atoms with van der Waals surface area (Å²) in [6, 6.07) is 0.0520. The number of carbonyl (C=O) groups excluding carboxylic acids is 2. The van der Waals surface area contributed by atoms with Crippen molar-refractivity contribution in [2.24, 2.45) is 0 Å². The van der Waals surface area contributed by atoms with E-state index in [1.807, 2.05) is 11.9 Å². The second-order valence-corrected chi connectivity index (χ2v) is 4.88. The molecule has 1 amide bonds. The molecule has 0 aromatic rings. The van der Waals surface area contributed by atoms with Crippen LogP contribution >= 0.6 is 0 Å². The molecule has 4 nitrogen and oxygen atoms in total. The van der Waals surface area contributed by atoms with Gasteiger partial charge in [0.05, 0.1) is 12.1 Å². The lowest BCUT2D eigenvalue weighted by Gasteiger charge is -2.29. The molecule has 0 saturated carbocycles. The summed E-state index contributed by atoms with van der Waals surface area (Å²) in [6.45, 7) is 1.60. The lowest BCUT2D eigenvalue weighted by Crippen LogP contribution is -2.50. The number of rotatable bonds is 2. The molecule has 0 aromatic carbocycles. The van der Waals surface area contributed by atoms with Crippen LogP contribution in [-0.4, -0.2) is 41.8 Å². The van der Waals surface area contributed by atoms with Crippen LogP contribution in [0.3, 0.4) is 0 Å². The van der Waals surface area contributed by atoms with Gasteiger partial charge >= 0.3 is 0 Å². The Kier molecular flexibility index (Phi) is 3.28. The van der Waals surface area contributed by atoms with Crippen LogP contribution in [0.25, 0.3) is 0 Å². The number of carbonyl (C=O) groups is 2. The number of Topliss-reactive ketones (excluding diaryl/α,β-unsaturated/α-hetero) is 1. The molecule has 16 heavy (non-hydrogen) atoms. The molecule has 0 spiro atoms. The third kappa shape index (κ3) is 1.86. The molecule has 2 heterocycles. The summed E-state index contributed by atoms with van der Waals surface area (Å²) < 4.78 is 0. The first-order valence-electron chi connectivity index (χ1n) is 6.15. The summed E-state index contributed by atoms with van der Waals surface area (Å²) in [5.41, 5.74) is 0. The highest BCUT2D eigenvalue weighted by Gasteiger charge is 2.42. The maximum absolute atomic E-state index is 12.3. The molecule has 1 unspecified atom stereocenters. The number of ketones is 1. The summed E-state index contributed by atoms with van der Waals surface area (Å²) in [5, 5.41) is 3.06. The van der Waals surface area contributed by atoms with E-state index in [-0.39, 0.29) is 23.8 Å². The topological polar surface area (TPSA) is 49.4 Å². The van der Waals surface area contributed by atoms with Gasteiger partial charge in [0.15, 0.2) is 5.78 Å². The predicted molar refractivity (Wildman–Crippen MR) is 61.0 cm³/mol. The molecule has 2 rings (SSSR count). The van der Waals surface area contributed by atoms with E-state index in [1.165, 1.54) is 0 Å². The standard InChI is InChI=1S/C12H20N2O2/c1-8(15)11-7-6-9-4-3-5-10(13-2)12(16)14(9)11/h9-11,13H,3-7H2,1-2H3/t9?,10-,11-/m0/s1. The smallest absolute Gasteiger partial charge is 0.240 e. The molecular formula is C12H20N2O2. The minimum atomic E-state index is -0.161. The zero-order chi connectivity index (χ0) is 11.7. The first kappa shape index (κ1) is 11.6. The summed E-state index contributed by atoms with van der Waals surface area (Å²) in [7, 11) is 1.82. The summed E-state index contributed by atoms with van der Waals surface area (Å²) in [4.78, 5) is 25.7. The molecule has 2 fully saturated rings. The van der Waals surface area contributed by atoms with E-state index in [2.05, 4.69) is 5.32 Å². The van der Waals surface area contributed by atoms with E-state index < -0.39 is 0 Å². The highest BCUT2D eigenvalue weighted by molar-refractivity contribution is 5.90. The third-order valence-corrected chi connectivity index (χ3v) is 3.90. The Bertz CT molecular complexity index is 303. The van der Waals surface area contributed by atoms with Gasteiger partial charge in [-0.15, -0.1) is 0 Å². The van der Waals surface area contributed by atoms with Gasteiger partial charge in [-0.25, -0.2) is 0 Å². The fourth-order valence-electron chi connectivity index (χ4n) is 3.03. The highest BCUT2D eigenvalue weighted by Crippen LogP contribution is 2.31. The largest absolute Gasteiger partial charge is 0.328 e. The molecule has 2 aliphatic heterocycles. The first-order chi connectivity index (χ1) is 7.65. The van der Waals surface area contributed by atoms with Crippen molar-refractivity contribution in [3.8, 4) is 0 Å². The Hall–Kier alpha value is -0.900. The van der Waals surface area contributed by atoms with Crippen LogP contribution in [0.4, 0.5) is 0 Å². The van der Waals surface area contributed by atoms with Crippen LogP contribution in [0, 0.1) is 0 Å². The minimum absolute atomic E-state index is 0.0926. The second kappa shape index (κ2) is 4.53. The fraction of sp³-hybridized carbons (Fsp3) is 0.833. The summed E-state index contributed by atoms with van der Waals surface area (Å²) in [6.07, 6.45) is 4.86. The van der Waals surface area contributed by atoms with Crippen LogP contribution < -0.4 is 5.32 Å². The maximum Gasteiger partial charge on any atom is 0.240 e. The van der Waals surface area contributed by atoms with Crippen LogP contribution in [-0.2, 0) is 9.59 Å². The van der Waals surface area contributed by atoms with Gasteiger partial charge in [-0.1, -0.05) is 0 Å². The van der Waals surface area contributed by atoms with Crippen molar-refractivity contribution in [1.82, 2.24) is 10.2 Å². The van der Waals surface area contributed by atoms with E-state index in [0.29, 0.717) is 6.04 Å². The van der Waals surface area contributed by atoms with Gasteiger partial charge in [0.25, 0.3) is 0 Å². The van der Waals surface area contributed by atoms with Crippen LogP contribution in [0.15, 0.2) is 0 Å². The molecule has 1 N–H and O–H groups in total. The SMILES string of the molecule is CN[C@H]1CCCC2CC[C@@H](C(C)=O)N2C1=O. The zero-order valence-corrected chi connectivity index (χ0v) is 10.0. The molecule has 0 aliphatic carbocycles. The van der Waals surface area contributed by atoms with Crippen LogP contribution in [0.5, 0.6) is 0 Å². The number of amides is 1. The van der Waals surface area contributed by atoms with E-state index in [9.17, 15) is 9.59 Å². The van der Waals surface area contributed by atoms with E-state index in [0.717, 1.165) is 32.1 Å². The van der Waals surface area contributed by atoms with Crippen LogP contribution in [0.1, 0.15) is 39.0 Å². The van der Waals surface area contributed by atoms with Gasteiger partial charge in [-0.3, -0.25) is 9.59 Å². The Morgan fingerprint density at radius 1 is 1.31 bits per heavy atom. The van der Waals surface area contributed by atoms with E-state index in [4.69, 9.17) is 0 Å². The number of fused-ring (bicyclic) bond motifs is 1. The fourth-order valence-corrected chi connectivity index (χ4v) is 3.03. The Morgan fingerprint density at radius 3 is 2.69 bits per heavy atom. The van der Waals surface area contributed by atoms with E-state index in [1.54, 1.807) is 6.92 Å². The molecule has 0 bridgehead atoms. The average molecular weight is 224 g/mol. The quantitative estimate of drug-likeness (QED) is 0.751. The highest BCUT2D eigenvalue weighted by atomic mass is 16.2. The number of nitrogens with one attached hydrogen (secondary N) is 1. The van der Waals surface area contributed by atoms with Gasteiger partial charge in [-0.05, 0) is 46.1 Å². The van der Waals surface area contributed by atoms with Gasteiger partial charge in [0.1, 0.15) is 0 Å². The minimum Gasteiger partial charge on any atom is -0.328 e.